The van der Waals surface area contributed by atoms with Gasteiger partial charge in [-0.05, 0) is 42.8 Å². The fourth-order valence-corrected chi connectivity index (χ4v) is 2.68. The number of anilines is 2. The van der Waals surface area contributed by atoms with E-state index in [1.165, 1.54) is 20.2 Å². The molecular formula is C17H20N2O4S. The Labute approximate surface area is 142 Å². The zero-order chi connectivity index (χ0) is 17.9. The standard InChI is InChI=1S/C17H20N2O4S/c1-12-6-5-7-13(10-12)18-17(20)15-11-14(8-9-16(15)23-3)19(2)24(4,21)22/h5-11H,1-4H3,(H,18,20). The summed E-state index contributed by atoms with van der Waals surface area (Å²) in [5.74, 6) is -0.00740. The van der Waals surface area contributed by atoms with E-state index in [-0.39, 0.29) is 11.5 Å². The smallest absolute Gasteiger partial charge is 0.259 e. The van der Waals surface area contributed by atoms with Gasteiger partial charge in [0.25, 0.3) is 5.91 Å². The number of aryl methyl sites for hydroxylation is 1. The molecule has 0 aromatic heterocycles. The predicted octanol–water partition coefficient (Wildman–Crippen LogP) is 2.65. The second-order valence-corrected chi connectivity index (χ2v) is 7.45. The lowest BCUT2D eigenvalue weighted by molar-refractivity contribution is 0.102. The van der Waals surface area contributed by atoms with Crippen LogP contribution in [0.5, 0.6) is 5.75 Å². The molecule has 2 aromatic rings. The predicted molar refractivity (Wildman–Crippen MR) is 95.4 cm³/mol. The van der Waals surface area contributed by atoms with Crippen molar-refractivity contribution in [1.29, 1.82) is 0 Å². The molecular weight excluding hydrogens is 328 g/mol. The van der Waals surface area contributed by atoms with Crippen molar-refractivity contribution in [3.05, 3.63) is 53.6 Å². The van der Waals surface area contributed by atoms with Crippen LogP contribution in [0.1, 0.15) is 15.9 Å². The van der Waals surface area contributed by atoms with Gasteiger partial charge in [0.05, 0.1) is 24.6 Å². The molecule has 2 aromatic carbocycles. The maximum Gasteiger partial charge on any atom is 0.259 e. The fraction of sp³-hybridized carbons (Fsp3) is 0.235. The van der Waals surface area contributed by atoms with Gasteiger partial charge in [-0.1, -0.05) is 12.1 Å². The van der Waals surface area contributed by atoms with E-state index in [2.05, 4.69) is 5.32 Å². The van der Waals surface area contributed by atoms with Gasteiger partial charge in [0.1, 0.15) is 5.75 Å². The zero-order valence-electron chi connectivity index (χ0n) is 14.0. The third-order valence-electron chi connectivity index (χ3n) is 3.56. The monoisotopic (exact) mass is 348 g/mol. The summed E-state index contributed by atoms with van der Waals surface area (Å²) in [6, 6.07) is 12.0. The number of amides is 1. The number of sulfonamides is 1. The van der Waals surface area contributed by atoms with Crippen molar-refractivity contribution in [2.45, 2.75) is 6.92 Å². The maximum absolute atomic E-state index is 12.6. The summed E-state index contributed by atoms with van der Waals surface area (Å²) in [5.41, 5.74) is 2.31. The van der Waals surface area contributed by atoms with Crippen LogP contribution in [0.2, 0.25) is 0 Å². The zero-order valence-corrected chi connectivity index (χ0v) is 14.8. The van der Waals surface area contributed by atoms with E-state index in [1.54, 1.807) is 18.2 Å². The van der Waals surface area contributed by atoms with E-state index < -0.39 is 10.0 Å². The lowest BCUT2D eigenvalue weighted by Crippen LogP contribution is -2.25. The van der Waals surface area contributed by atoms with Crippen molar-refractivity contribution in [2.75, 3.05) is 30.0 Å². The molecule has 0 radical (unpaired) electrons. The summed E-state index contributed by atoms with van der Waals surface area (Å²) in [6.45, 7) is 1.93. The molecule has 0 aliphatic heterocycles. The Morgan fingerprint density at radius 2 is 1.88 bits per heavy atom. The van der Waals surface area contributed by atoms with Crippen molar-refractivity contribution in [1.82, 2.24) is 0 Å². The number of hydrogen-bond donors (Lipinski definition) is 1. The fourth-order valence-electron chi connectivity index (χ4n) is 2.18. The van der Waals surface area contributed by atoms with Crippen LogP contribution in [-0.2, 0) is 10.0 Å². The lowest BCUT2D eigenvalue weighted by Gasteiger charge is -2.18. The first kappa shape index (κ1) is 17.8. The van der Waals surface area contributed by atoms with Crippen molar-refractivity contribution in [3.8, 4) is 5.75 Å². The Balaban J connectivity index is 2.38. The quantitative estimate of drug-likeness (QED) is 0.901. The second-order valence-electron chi connectivity index (χ2n) is 5.44. The Morgan fingerprint density at radius 1 is 1.17 bits per heavy atom. The van der Waals surface area contributed by atoms with Gasteiger partial charge in [-0.25, -0.2) is 8.42 Å². The van der Waals surface area contributed by atoms with Gasteiger partial charge in [-0.2, -0.15) is 0 Å². The molecule has 0 unspecified atom stereocenters. The molecule has 128 valence electrons. The summed E-state index contributed by atoms with van der Waals surface area (Å²) in [4.78, 5) is 12.6. The summed E-state index contributed by atoms with van der Waals surface area (Å²) >= 11 is 0. The van der Waals surface area contributed by atoms with Crippen LogP contribution in [0.4, 0.5) is 11.4 Å². The Morgan fingerprint density at radius 3 is 2.46 bits per heavy atom. The molecule has 7 heteroatoms. The topological polar surface area (TPSA) is 75.7 Å². The first-order valence-electron chi connectivity index (χ1n) is 7.22. The van der Waals surface area contributed by atoms with Gasteiger partial charge in [0, 0.05) is 12.7 Å². The molecule has 0 saturated carbocycles. The molecule has 1 N–H and O–H groups in total. The van der Waals surface area contributed by atoms with E-state index in [1.807, 2.05) is 25.1 Å². The summed E-state index contributed by atoms with van der Waals surface area (Å²) in [7, 11) is -0.535. The normalized spacial score (nSPS) is 11.0. The highest BCUT2D eigenvalue weighted by Crippen LogP contribution is 2.26. The molecule has 0 atom stereocenters. The van der Waals surface area contributed by atoms with Crippen LogP contribution in [0, 0.1) is 6.92 Å². The van der Waals surface area contributed by atoms with Gasteiger partial charge in [-0.15, -0.1) is 0 Å². The molecule has 0 heterocycles. The minimum Gasteiger partial charge on any atom is -0.496 e. The molecule has 6 nitrogen and oxygen atoms in total. The van der Waals surface area contributed by atoms with Crippen LogP contribution in [0.15, 0.2) is 42.5 Å². The van der Waals surface area contributed by atoms with Gasteiger partial charge >= 0.3 is 0 Å². The van der Waals surface area contributed by atoms with Crippen LogP contribution in [0.25, 0.3) is 0 Å². The summed E-state index contributed by atoms with van der Waals surface area (Å²) in [6.07, 6.45) is 1.10. The number of ether oxygens (including phenoxy) is 1. The molecule has 0 saturated heterocycles. The number of carbonyl (C=O) groups is 1. The lowest BCUT2D eigenvalue weighted by atomic mass is 10.1. The Kier molecular flexibility index (Phi) is 5.14. The minimum absolute atomic E-state index is 0.256. The number of rotatable bonds is 5. The SMILES string of the molecule is COc1ccc(N(C)S(C)(=O)=O)cc1C(=O)Nc1cccc(C)c1. The molecule has 24 heavy (non-hydrogen) atoms. The molecule has 1 amide bonds. The second kappa shape index (κ2) is 6.92. The molecule has 0 spiro atoms. The Bertz CT molecular complexity index is 863. The first-order valence-corrected chi connectivity index (χ1v) is 9.07. The van der Waals surface area contributed by atoms with Gasteiger partial charge in [0.15, 0.2) is 0 Å². The number of benzene rings is 2. The van der Waals surface area contributed by atoms with Crippen LogP contribution >= 0.6 is 0 Å². The van der Waals surface area contributed by atoms with Crippen LogP contribution in [0.3, 0.4) is 0 Å². The number of nitrogens with zero attached hydrogens (tertiary/aromatic N) is 1. The average Bonchev–Trinajstić information content (AvgIpc) is 2.52. The molecule has 0 bridgehead atoms. The summed E-state index contributed by atoms with van der Waals surface area (Å²) < 4.78 is 29.7. The number of hydrogen-bond acceptors (Lipinski definition) is 4. The first-order chi connectivity index (χ1) is 11.2. The minimum atomic E-state index is -3.42. The van der Waals surface area contributed by atoms with Crippen molar-refractivity contribution < 1.29 is 17.9 Å². The largest absolute Gasteiger partial charge is 0.496 e. The third kappa shape index (κ3) is 4.05. The molecule has 0 aliphatic carbocycles. The number of carbonyl (C=O) groups excluding carboxylic acids is 1. The number of methoxy groups -OCH3 is 1. The molecule has 2 rings (SSSR count). The van der Waals surface area contributed by atoms with Gasteiger partial charge in [0.2, 0.25) is 10.0 Å². The summed E-state index contributed by atoms with van der Waals surface area (Å²) in [5, 5.41) is 2.79. The highest BCUT2D eigenvalue weighted by molar-refractivity contribution is 7.92. The van der Waals surface area contributed by atoms with Gasteiger partial charge in [-0.3, -0.25) is 9.10 Å². The van der Waals surface area contributed by atoms with E-state index >= 15 is 0 Å². The van der Waals surface area contributed by atoms with E-state index in [9.17, 15) is 13.2 Å². The maximum atomic E-state index is 12.6. The molecule has 0 aliphatic rings. The van der Waals surface area contributed by atoms with Crippen molar-refractivity contribution >= 4 is 27.3 Å². The number of nitrogens with one attached hydrogen (secondary N) is 1. The van der Waals surface area contributed by atoms with Crippen molar-refractivity contribution in [3.63, 3.8) is 0 Å². The van der Waals surface area contributed by atoms with Crippen molar-refractivity contribution in [2.24, 2.45) is 0 Å². The highest BCUT2D eigenvalue weighted by atomic mass is 32.2. The average molecular weight is 348 g/mol. The third-order valence-corrected chi connectivity index (χ3v) is 4.77. The molecule has 0 fully saturated rings. The van der Waals surface area contributed by atoms with E-state index in [4.69, 9.17) is 4.74 Å². The highest BCUT2D eigenvalue weighted by Gasteiger charge is 2.18. The van der Waals surface area contributed by atoms with E-state index in [0.29, 0.717) is 17.1 Å². The van der Waals surface area contributed by atoms with Crippen LogP contribution in [-0.4, -0.2) is 34.7 Å². The van der Waals surface area contributed by atoms with Gasteiger partial charge < -0.3 is 10.1 Å². The van der Waals surface area contributed by atoms with Crippen LogP contribution < -0.4 is 14.4 Å². The Hall–Kier alpha value is -2.54. The van der Waals surface area contributed by atoms with E-state index in [0.717, 1.165) is 16.1 Å².